The van der Waals surface area contributed by atoms with Crippen LogP contribution in [0.2, 0.25) is 25.0 Å². The number of nitriles is 1. The van der Waals surface area contributed by atoms with Crippen molar-refractivity contribution in [3.05, 3.63) is 0 Å². The summed E-state index contributed by atoms with van der Waals surface area (Å²) < 4.78 is 5.76. The van der Waals surface area contributed by atoms with Crippen LogP contribution in [0.3, 0.4) is 0 Å². The first-order valence-corrected chi connectivity index (χ1v) is 9.75. The molecule has 0 radical (unpaired) electrons. The van der Waals surface area contributed by atoms with Gasteiger partial charge in [0.2, 0.25) is 0 Å². The van der Waals surface area contributed by atoms with Crippen molar-refractivity contribution < 1.29 is 4.43 Å². The average Bonchev–Trinajstić information content (AvgIpc) is 1.95. The molecule has 0 spiro atoms. The van der Waals surface area contributed by atoms with Gasteiger partial charge >= 0.3 is 86.5 Å². The van der Waals surface area contributed by atoms with Crippen LogP contribution in [0.15, 0.2) is 0 Å². The summed E-state index contributed by atoms with van der Waals surface area (Å²) >= 11 is 5.73. The van der Waals surface area contributed by atoms with E-state index in [0.29, 0.717) is 5.88 Å². The van der Waals surface area contributed by atoms with Crippen LogP contribution in [0.25, 0.3) is 0 Å². The molecule has 0 aromatic heterocycles. The van der Waals surface area contributed by atoms with Gasteiger partial charge in [-0.15, -0.1) is 0 Å². The summed E-state index contributed by atoms with van der Waals surface area (Å²) in [5, 5.41) is 9.22. The van der Waals surface area contributed by atoms with Gasteiger partial charge in [-0.2, -0.15) is 0 Å². The number of hydrogen-bond donors (Lipinski definition) is 0. The van der Waals surface area contributed by atoms with Gasteiger partial charge in [-0.3, -0.25) is 0 Å². The first-order chi connectivity index (χ1) is 5.49. The molecule has 1 atom stereocenters. The first kappa shape index (κ1) is 12.5. The Balaban J connectivity index is 3.77. The third-order valence-corrected chi connectivity index (χ3v) is 3.81. The van der Waals surface area contributed by atoms with Crippen LogP contribution in [0.5, 0.6) is 0 Å². The maximum absolute atomic E-state index is 8.40. The molecule has 0 fully saturated rings. The summed E-state index contributed by atoms with van der Waals surface area (Å²) in [6.45, 7) is 6.39. The summed E-state index contributed by atoms with van der Waals surface area (Å²) in [5.41, 5.74) is 0. The van der Waals surface area contributed by atoms with E-state index in [9.17, 15) is 0 Å². The zero-order valence-corrected chi connectivity index (χ0v) is 11.1. The average molecular weight is 271 g/mol. The molecular weight excluding hydrogens is 257 g/mol. The summed E-state index contributed by atoms with van der Waals surface area (Å²) in [7, 11) is -1.48. The SMILES string of the molecule is C[Si](C)(C)OC(CCl)C[Se]C#N. The second-order valence-electron chi connectivity index (χ2n) is 3.41. The second-order valence-corrected chi connectivity index (χ2v) is 9.87. The molecule has 70 valence electrons. The number of hydrogen-bond acceptors (Lipinski definition) is 2. The van der Waals surface area contributed by atoms with Crippen molar-refractivity contribution in [2.24, 2.45) is 0 Å². The molecule has 0 saturated carbocycles. The van der Waals surface area contributed by atoms with Gasteiger partial charge in [-0.25, -0.2) is 0 Å². The topological polar surface area (TPSA) is 33.0 Å². The minimum absolute atomic E-state index is 0.0270. The Labute approximate surface area is 86.5 Å². The summed E-state index contributed by atoms with van der Waals surface area (Å²) in [5.74, 6) is 0.508. The van der Waals surface area contributed by atoms with Crippen molar-refractivity contribution in [1.29, 1.82) is 5.26 Å². The molecule has 2 nitrogen and oxygen atoms in total. The summed E-state index contributed by atoms with van der Waals surface area (Å²) in [6.07, 6.45) is 0.0954. The normalized spacial score (nSPS) is 13.9. The predicted molar refractivity (Wildman–Crippen MR) is 55.1 cm³/mol. The Morgan fingerprint density at radius 2 is 2.17 bits per heavy atom. The van der Waals surface area contributed by atoms with Gasteiger partial charge < -0.3 is 0 Å². The molecule has 0 heterocycles. The number of nitrogens with zero attached hydrogens (tertiary/aromatic N) is 1. The third-order valence-electron chi connectivity index (χ3n) is 1.03. The second kappa shape index (κ2) is 6.01. The Morgan fingerprint density at radius 1 is 1.58 bits per heavy atom. The quantitative estimate of drug-likeness (QED) is 0.566. The van der Waals surface area contributed by atoms with E-state index in [4.69, 9.17) is 21.3 Å². The Hall–Kier alpha value is 0.476. The van der Waals surface area contributed by atoms with E-state index >= 15 is 0 Å². The van der Waals surface area contributed by atoms with Gasteiger partial charge in [0.15, 0.2) is 0 Å². The van der Waals surface area contributed by atoms with E-state index in [1.807, 2.05) is 0 Å². The Kier molecular flexibility index (Phi) is 6.25. The molecule has 0 aliphatic heterocycles. The number of rotatable bonds is 5. The number of halogens is 1. The van der Waals surface area contributed by atoms with Gasteiger partial charge in [0.25, 0.3) is 0 Å². The van der Waals surface area contributed by atoms with Crippen molar-refractivity contribution in [2.75, 3.05) is 5.88 Å². The fraction of sp³-hybridized carbons (Fsp3) is 0.857. The molecule has 0 aromatic carbocycles. The number of alkyl halides is 1. The molecular formula is C7H14ClNOSeSi. The molecule has 0 N–H and O–H groups in total. The predicted octanol–water partition coefficient (Wildman–Crippen LogP) is 2.05. The standard InChI is InChI=1S/C7H14ClNOSeSi/c1-12(2,3)10-7(4-8)5-11-6-9/h7H,4-5H2,1-3H3. The molecule has 0 bridgehead atoms. The van der Waals surface area contributed by atoms with Crippen molar-refractivity contribution in [3.8, 4) is 4.97 Å². The monoisotopic (exact) mass is 271 g/mol. The zero-order chi connectivity index (χ0) is 9.61. The molecule has 1 unspecified atom stereocenters. The van der Waals surface area contributed by atoms with E-state index in [2.05, 4.69) is 24.6 Å². The van der Waals surface area contributed by atoms with Crippen LogP contribution < -0.4 is 0 Å². The molecule has 0 aromatic rings. The van der Waals surface area contributed by atoms with E-state index in [1.54, 1.807) is 0 Å². The van der Waals surface area contributed by atoms with Gasteiger partial charge in [-0.1, -0.05) is 0 Å². The zero-order valence-electron chi connectivity index (χ0n) is 7.63. The molecule has 0 rings (SSSR count). The summed E-state index contributed by atoms with van der Waals surface area (Å²) in [4.78, 5) is 2.16. The van der Waals surface area contributed by atoms with Crippen LogP contribution in [0.1, 0.15) is 0 Å². The maximum atomic E-state index is 8.40. The molecule has 0 aliphatic carbocycles. The van der Waals surface area contributed by atoms with Gasteiger partial charge in [0.1, 0.15) is 0 Å². The van der Waals surface area contributed by atoms with Crippen LogP contribution >= 0.6 is 11.6 Å². The van der Waals surface area contributed by atoms with Crippen molar-refractivity contribution >= 4 is 34.9 Å². The molecule has 0 amide bonds. The van der Waals surface area contributed by atoms with Crippen LogP contribution in [0.4, 0.5) is 0 Å². The first-order valence-electron chi connectivity index (χ1n) is 3.74. The van der Waals surface area contributed by atoms with Gasteiger partial charge in [0.05, 0.1) is 0 Å². The van der Waals surface area contributed by atoms with Crippen LogP contribution in [-0.4, -0.2) is 35.3 Å². The minimum atomic E-state index is -1.48. The van der Waals surface area contributed by atoms with Crippen molar-refractivity contribution in [1.82, 2.24) is 0 Å². The molecule has 0 saturated heterocycles. The van der Waals surface area contributed by atoms with E-state index in [-0.39, 0.29) is 21.1 Å². The molecule has 5 heteroatoms. The Morgan fingerprint density at radius 3 is 2.50 bits per heavy atom. The van der Waals surface area contributed by atoms with E-state index in [1.165, 1.54) is 0 Å². The van der Waals surface area contributed by atoms with Crippen molar-refractivity contribution in [3.63, 3.8) is 0 Å². The molecule has 12 heavy (non-hydrogen) atoms. The van der Waals surface area contributed by atoms with Crippen molar-refractivity contribution in [2.45, 2.75) is 31.1 Å². The summed E-state index contributed by atoms with van der Waals surface area (Å²) in [6, 6.07) is 0. The fourth-order valence-corrected chi connectivity index (χ4v) is 3.68. The van der Waals surface area contributed by atoms with E-state index < -0.39 is 8.32 Å². The van der Waals surface area contributed by atoms with E-state index in [0.717, 1.165) is 5.32 Å². The van der Waals surface area contributed by atoms with Gasteiger partial charge in [0, 0.05) is 0 Å². The van der Waals surface area contributed by atoms with Gasteiger partial charge in [-0.05, 0) is 0 Å². The van der Waals surface area contributed by atoms with Crippen LogP contribution in [-0.2, 0) is 4.43 Å². The Bertz CT molecular complexity index is 166. The fourth-order valence-electron chi connectivity index (χ4n) is 0.740. The third kappa shape index (κ3) is 7.14. The molecule has 0 aliphatic rings. The van der Waals surface area contributed by atoms with Crippen LogP contribution in [0, 0.1) is 10.2 Å².